The molecule has 11 heteroatoms. The van der Waals surface area contributed by atoms with Gasteiger partial charge in [-0.15, -0.1) is 9.05 Å². The molecule has 4 rings (SSSR count). The number of hydrogen-bond acceptors (Lipinski definition) is 7. The molecule has 0 amide bonds. The molecule has 1 unspecified atom stereocenters. The van der Waals surface area contributed by atoms with Gasteiger partial charge in [-0.3, -0.25) is 14.3 Å². The van der Waals surface area contributed by atoms with Crippen molar-refractivity contribution >= 4 is 8.17 Å². The Kier molecular flexibility index (Phi) is 4.98. The van der Waals surface area contributed by atoms with E-state index in [1.165, 1.54) is 0 Å². The number of hydrogen-bond donors (Lipinski definition) is 2. The first kappa shape index (κ1) is 18.2. The third-order valence-electron chi connectivity index (χ3n) is 4.92. The molecule has 4 atom stereocenters. The lowest BCUT2D eigenvalue weighted by Crippen LogP contribution is -2.36. The van der Waals surface area contributed by atoms with Gasteiger partial charge in [0.05, 0.1) is 6.20 Å². The van der Waals surface area contributed by atoms with Gasteiger partial charge in [0.2, 0.25) is 5.82 Å². The van der Waals surface area contributed by atoms with Crippen LogP contribution in [-0.4, -0.2) is 39.4 Å². The maximum absolute atomic E-state index is 13.5. The number of ether oxygens (including phenoxy) is 1. The second-order valence-electron chi connectivity index (χ2n) is 6.78. The van der Waals surface area contributed by atoms with Gasteiger partial charge in [0.15, 0.2) is 0 Å². The zero-order valence-electron chi connectivity index (χ0n) is 14.0. The van der Waals surface area contributed by atoms with Crippen molar-refractivity contribution in [2.45, 2.75) is 63.1 Å². The standard InChI is InChI=1S/C15H20FN2O7P/c16-10-7-18(15(20)17-14(10)19)13-6-11-12(23-13)8-22-26(21,25-11)24-9-4-2-1-3-5-9/h7,9,11-13,21H,1-6,8H2/p+1/t11-,12+,13+,26?/m0/s1. The number of aromatic amines is 1. The molecule has 0 radical (unpaired) electrons. The molecule has 1 saturated carbocycles. The molecule has 9 nitrogen and oxygen atoms in total. The van der Waals surface area contributed by atoms with Crippen LogP contribution in [0.15, 0.2) is 15.8 Å². The molecule has 3 heterocycles. The van der Waals surface area contributed by atoms with Gasteiger partial charge in [0.25, 0.3) is 5.56 Å². The number of aromatic nitrogens is 2. The van der Waals surface area contributed by atoms with Crippen LogP contribution >= 0.6 is 8.17 Å². The summed E-state index contributed by atoms with van der Waals surface area (Å²) in [6.45, 7) is 0.0543. The van der Waals surface area contributed by atoms with Gasteiger partial charge in [-0.2, -0.15) is 13.8 Å². The lowest BCUT2D eigenvalue weighted by Gasteiger charge is -2.29. The van der Waals surface area contributed by atoms with Crippen molar-refractivity contribution in [3.05, 3.63) is 32.9 Å². The third-order valence-corrected chi connectivity index (χ3v) is 6.50. The monoisotopic (exact) mass is 391 g/mol. The van der Waals surface area contributed by atoms with E-state index in [0.717, 1.165) is 42.9 Å². The molecule has 2 N–H and O–H groups in total. The summed E-state index contributed by atoms with van der Waals surface area (Å²) in [5, 5.41) is 0. The van der Waals surface area contributed by atoms with Gasteiger partial charge in [0, 0.05) is 6.42 Å². The molecule has 0 aromatic carbocycles. The van der Waals surface area contributed by atoms with Crippen molar-refractivity contribution in [1.82, 2.24) is 9.55 Å². The molecule has 3 aliphatic rings. The average Bonchev–Trinajstić information content (AvgIpc) is 3.01. The minimum absolute atomic E-state index is 0.0543. The van der Waals surface area contributed by atoms with E-state index in [2.05, 4.69) is 0 Å². The predicted molar refractivity (Wildman–Crippen MR) is 87.7 cm³/mol. The molecule has 1 aromatic rings. The molecule has 26 heavy (non-hydrogen) atoms. The van der Waals surface area contributed by atoms with Crippen molar-refractivity contribution in [3.63, 3.8) is 0 Å². The van der Waals surface area contributed by atoms with E-state index in [1.807, 2.05) is 4.98 Å². The van der Waals surface area contributed by atoms with Gasteiger partial charge in [-0.05, 0) is 12.8 Å². The zero-order chi connectivity index (χ0) is 18.3. The lowest BCUT2D eigenvalue weighted by atomic mass is 9.98. The molecular formula is C15H21FN2O7P+. The van der Waals surface area contributed by atoms with E-state index >= 15 is 0 Å². The highest BCUT2D eigenvalue weighted by Crippen LogP contribution is 2.64. The van der Waals surface area contributed by atoms with Crippen molar-refractivity contribution < 1.29 is 27.6 Å². The van der Waals surface area contributed by atoms with E-state index < -0.39 is 43.7 Å². The number of rotatable bonds is 3. The van der Waals surface area contributed by atoms with E-state index in [4.69, 9.17) is 18.3 Å². The summed E-state index contributed by atoms with van der Waals surface area (Å²) >= 11 is 0. The van der Waals surface area contributed by atoms with Crippen LogP contribution in [0.1, 0.15) is 44.8 Å². The largest absolute Gasteiger partial charge is 0.573 e. The Balaban J connectivity index is 1.45. The maximum Gasteiger partial charge on any atom is 0.573 e. The van der Waals surface area contributed by atoms with Gasteiger partial charge in [-0.1, -0.05) is 19.3 Å². The highest BCUT2D eigenvalue weighted by Gasteiger charge is 2.58. The SMILES string of the molecule is O=c1[nH]c(=O)n([C@H]2C[C@@H]3O[P+](O)(OC4CCCCC4)OC[C@H]3O2)cc1F. The molecule has 2 aliphatic heterocycles. The van der Waals surface area contributed by atoms with E-state index in [9.17, 15) is 18.9 Å². The van der Waals surface area contributed by atoms with E-state index in [1.54, 1.807) is 0 Å². The normalized spacial score (nSPS) is 35.4. The number of H-pyrrole nitrogens is 1. The fourth-order valence-electron chi connectivity index (χ4n) is 3.59. The number of fused-ring (bicyclic) bond motifs is 1. The van der Waals surface area contributed by atoms with Gasteiger partial charge in [-0.25, -0.2) is 4.79 Å². The van der Waals surface area contributed by atoms with Crippen molar-refractivity contribution in [2.75, 3.05) is 6.61 Å². The van der Waals surface area contributed by atoms with Gasteiger partial charge in [0.1, 0.15) is 31.1 Å². The second kappa shape index (κ2) is 7.10. The smallest absolute Gasteiger partial charge is 0.349 e. The quantitative estimate of drug-likeness (QED) is 0.749. The predicted octanol–water partition coefficient (Wildman–Crippen LogP) is 1.40. The van der Waals surface area contributed by atoms with Crippen LogP contribution in [0.2, 0.25) is 0 Å². The van der Waals surface area contributed by atoms with Crippen LogP contribution in [-0.2, 0) is 18.3 Å². The van der Waals surface area contributed by atoms with Crippen LogP contribution in [0.5, 0.6) is 0 Å². The molecule has 144 valence electrons. The highest BCUT2D eigenvalue weighted by molar-refractivity contribution is 7.55. The van der Waals surface area contributed by atoms with E-state index in [0.29, 0.717) is 0 Å². The minimum Gasteiger partial charge on any atom is -0.349 e. The Morgan fingerprint density at radius 3 is 2.81 bits per heavy atom. The van der Waals surface area contributed by atoms with Crippen LogP contribution < -0.4 is 11.2 Å². The van der Waals surface area contributed by atoms with Crippen LogP contribution in [0.25, 0.3) is 0 Å². The summed E-state index contributed by atoms with van der Waals surface area (Å²) in [5.74, 6) is -1.08. The summed E-state index contributed by atoms with van der Waals surface area (Å²) in [4.78, 5) is 35.5. The van der Waals surface area contributed by atoms with Crippen molar-refractivity contribution in [3.8, 4) is 0 Å². The first-order valence-electron chi connectivity index (χ1n) is 8.73. The Bertz CT molecular complexity index is 780. The number of nitrogens with zero attached hydrogens (tertiary/aromatic N) is 1. The summed E-state index contributed by atoms with van der Waals surface area (Å²) < 4.78 is 37.0. The van der Waals surface area contributed by atoms with Crippen LogP contribution in [0.4, 0.5) is 4.39 Å². The fourth-order valence-corrected chi connectivity index (χ4v) is 5.25. The molecular weight excluding hydrogens is 370 g/mol. The van der Waals surface area contributed by atoms with Gasteiger partial charge < -0.3 is 4.74 Å². The minimum atomic E-state index is -3.45. The first-order chi connectivity index (χ1) is 12.4. The highest BCUT2D eigenvalue weighted by atomic mass is 31.2. The van der Waals surface area contributed by atoms with Crippen LogP contribution in [0.3, 0.4) is 0 Å². The Labute approximate surface area is 148 Å². The molecule has 1 aliphatic carbocycles. The molecule has 3 fully saturated rings. The van der Waals surface area contributed by atoms with Crippen molar-refractivity contribution in [1.29, 1.82) is 0 Å². The Morgan fingerprint density at radius 2 is 2.04 bits per heavy atom. The number of halogens is 1. The van der Waals surface area contributed by atoms with E-state index in [-0.39, 0.29) is 19.1 Å². The summed E-state index contributed by atoms with van der Waals surface area (Å²) in [6, 6.07) is 0. The Hall–Kier alpha value is -1.16. The summed E-state index contributed by atoms with van der Waals surface area (Å²) in [7, 11) is -3.45. The lowest BCUT2D eigenvalue weighted by molar-refractivity contribution is -0.0885. The molecule has 0 spiro atoms. The zero-order valence-corrected chi connectivity index (χ0v) is 14.9. The first-order valence-corrected chi connectivity index (χ1v) is 10.2. The third kappa shape index (κ3) is 3.62. The molecule has 2 saturated heterocycles. The maximum atomic E-state index is 13.5. The molecule has 1 aromatic heterocycles. The topological polar surface area (TPSA) is 112 Å². The average molecular weight is 391 g/mol. The number of nitrogens with one attached hydrogen (secondary N) is 1. The van der Waals surface area contributed by atoms with Crippen molar-refractivity contribution in [2.24, 2.45) is 0 Å². The summed E-state index contributed by atoms with van der Waals surface area (Å²) in [6.07, 6.45) is 3.99. The Morgan fingerprint density at radius 1 is 1.27 bits per heavy atom. The fraction of sp³-hybridized carbons (Fsp3) is 0.733. The second-order valence-corrected chi connectivity index (χ2v) is 8.40. The van der Waals surface area contributed by atoms with Crippen LogP contribution in [0, 0.1) is 5.82 Å². The van der Waals surface area contributed by atoms with Gasteiger partial charge >= 0.3 is 13.9 Å². The molecule has 0 bridgehead atoms. The summed E-state index contributed by atoms with van der Waals surface area (Å²) in [5.41, 5.74) is -1.85.